The molecular formula is C22H24F3N3O. The number of carbonyl (C=O) groups is 1. The van der Waals surface area contributed by atoms with Crippen LogP contribution in [0.15, 0.2) is 60.7 Å². The summed E-state index contributed by atoms with van der Waals surface area (Å²) in [5.74, 6) is -0.431. The summed E-state index contributed by atoms with van der Waals surface area (Å²) in [5, 5.41) is 2.40. The molecule has 4 nitrogen and oxygen atoms in total. The standard InChI is InChI=1S/C22H24F3N3O/c23-22(24,25)19-10-4-5-11-20(19)26-21(29)17-28-15-13-27(14-16-28)12-6-9-18-7-2-1-3-8-18/h1-11H,12-17H2,(H,26,29)/b9-6+. The van der Waals surface area contributed by atoms with Gasteiger partial charge in [0.15, 0.2) is 0 Å². The molecule has 1 N–H and O–H groups in total. The monoisotopic (exact) mass is 403 g/mol. The Morgan fingerprint density at radius 1 is 0.931 bits per heavy atom. The minimum Gasteiger partial charge on any atom is -0.324 e. The van der Waals surface area contributed by atoms with Crippen molar-refractivity contribution in [3.8, 4) is 0 Å². The molecule has 0 aromatic heterocycles. The third-order valence-electron chi connectivity index (χ3n) is 4.81. The summed E-state index contributed by atoms with van der Waals surface area (Å²) in [5.41, 5.74) is 0.125. The van der Waals surface area contributed by atoms with Gasteiger partial charge in [-0.2, -0.15) is 13.2 Å². The summed E-state index contributed by atoms with van der Waals surface area (Å²) < 4.78 is 39.1. The molecule has 1 amide bonds. The molecule has 1 saturated heterocycles. The summed E-state index contributed by atoms with van der Waals surface area (Å²) in [6.45, 7) is 3.94. The lowest BCUT2D eigenvalue weighted by Gasteiger charge is -2.33. The normalized spacial score (nSPS) is 16.2. The van der Waals surface area contributed by atoms with Crippen LogP contribution in [0.4, 0.5) is 18.9 Å². The SMILES string of the molecule is O=C(CN1CCN(C/C=C/c2ccccc2)CC1)Nc1ccccc1C(F)(F)F. The predicted molar refractivity (Wildman–Crippen MR) is 108 cm³/mol. The number of hydrogen-bond donors (Lipinski definition) is 1. The van der Waals surface area contributed by atoms with Crippen molar-refractivity contribution in [3.05, 3.63) is 71.8 Å². The summed E-state index contributed by atoms with van der Waals surface area (Å²) in [7, 11) is 0. The van der Waals surface area contributed by atoms with Gasteiger partial charge >= 0.3 is 6.18 Å². The van der Waals surface area contributed by atoms with Crippen molar-refractivity contribution >= 4 is 17.7 Å². The summed E-state index contributed by atoms with van der Waals surface area (Å²) in [4.78, 5) is 16.5. The van der Waals surface area contributed by atoms with E-state index in [4.69, 9.17) is 0 Å². The van der Waals surface area contributed by atoms with E-state index in [-0.39, 0.29) is 12.2 Å². The number of amides is 1. The zero-order chi connectivity index (χ0) is 20.7. The molecule has 1 fully saturated rings. The molecule has 1 aliphatic rings. The maximum atomic E-state index is 13.0. The molecule has 1 aliphatic heterocycles. The quantitative estimate of drug-likeness (QED) is 0.793. The number of nitrogens with zero attached hydrogens (tertiary/aromatic N) is 2. The molecule has 29 heavy (non-hydrogen) atoms. The Bertz CT molecular complexity index is 829. The highest BCUT2D eigenvalue weighted by molar-refractivity contribution is 5.93. The van der Waals surface area contributed by atoms with Gasteiger partial charge in [0.25, 0.3) is 0 Å². The Balaban J connectivity index is 1.44. The molecule has 2 aromatic rings. The van der Waals surface area contributed by atoms with Crippen LogP contribution in [0.2, 0.25) is 0 Å². The van der Waals surface area contributed by atoms with Crippen LogP contribution in [0.3, 0.4) is 0 Å². The van der Waals surface area contributed by atoms with Crippen LogP contribution in [0.25, 0.3) is 6.08 Å². The first-order chi connectivity index (χ1) is 13.9. The molecule has 0 bridgehead atoms. The fourth-order valence-electron chi connectivity index (χ4n) is 3.26. The molecule has 0 unspecified atom stereocenters. The van der Waals surface area contributed by atoms with Gasteiger partial charge in [0, 0.05) is 32.7 Å². The maximum Gasteiger partial charge on any atom is 0.418 e. The topological polar surface area (TPSA) is 35.6 Å². The van der Waals surface area contributed by atoms with Crippen LogP contribution in [0.5, 0.6) is 0 Å². The average molecular weight is 403 g/mol. The lowest BCUT2D eigenvalue weighted by atomic mass is 10.1. The zero-order valence-corrected chi connectivity index (χ0v) is 16.0. The van der Waals surface area contributed by atoms with Gasteiger partial charge in [-0.05, 0) is 17.7 Å². The lowest BCUT2D eigenvalue weighted by molar-refractivity contribution is -0.137. The third kappa shape index (κ3) is 6.44. The molecular weight excluding hydrogens is 379 g/mol. The van der Waals surface area contributed by atoms with Crippen molar-refractivity contribution in [1.82, 2.24) is 9.80 Å². The second-order valence-electron chi connectivity index (χ2n) is 6.98. The highest BCUT2D eigenvalue weighted by Crippen LogP contribution is 2.34. The Kier molecular flexibility index (Phi) is 7.06. The molecule has 0 radical (unpaired) electrons. The minimum absolute atomic E-state index is 0.0832. The first kappa shape index (κ1) is 21.1. The molecule has 0 spiro atoms. The smallest absolute Gasteiger partial charge is 0.324 e. The van der Waals surface area contributed by atoms with E-state index in [9.17, 15) is 18.0 Å². The second-order valence-corrected chi connectivity index (χ2v) is 6.98. The Morgan fingerprint density at radius 3 is 2.24 bits per heavy atom. The molecule has 2 aromatic carbocycles. The molecule has 0 atom stereocenters. The average Bonchev–Trinajstić information content (AvgIpc) is 2.70. The number of nitrogens with one attached hydrogen (secondary N) is 1. The van der Waals surface area contributed by atoms with Gasteiger partial charge in [0.1, 0.15) is 0 Å². The summed E-state index contributed by atoms with van der Waals surface area (Å²) >= 11 is 0. The number of anilines is 1. The molecule has 0 aliphatic carbocycles. The van der Waals surface area contributed by atoms with E-state index in [1.165, 1.54) is 18.2 Å². The van der Waals surface area contributed by atoms with Crippen molar-refractivity contribution in [2.24, 2.45) is 0 Å². The van der Waals surface area contributed by atoms with E-state index in [0.29, 0.717) is 13.1 Å². The fourth-order valence-corrected chi connectivity index (χ4v) is 3.26. The Hall–Kier alpha value is -2.64. The van der Waals surface area contributed by atoms with Crippen molar-refractivity contribution in [2.45, 2.75) is 6.18 Å². The van der Waals surface area contributed by atoms with Gasteiger partial charge in [-0.25, -0.2) is 0 Å². The van der Waals surface area contributed by atoms with E-state index in [2.05, 4.69) is 22.4 Å². The number of benzene rings is 2. The maximum absolute atomic E-state index is 13.0. The van der Waals surface area contributed by atoms with E-state index in [0.717, 1.165) is 31.3 Å². The van der Waals surface area contributed by atoms with E-state index >= 15 is 0 Å². The van der Waals surface area contributed by atoms with Crippen LogP contribution < -0.4 is 5.32 Å². The molecule has 0 saturated carbocycles. The number of para-hydroxylation sites is 1. The van der Waals surface area contributed by atoms with Gasteiger partial charge in [-0.15, -0.1) is 0 Å². The number of carbonyl (C=O) groups excluding carboxylic acids is 1. The second kappa shape index (κ2) is 9.71. The number of alkyl halides is 3. The van der Waals surface area contributed by atoms with Crippen LogP contribution >= 0.6 is 0 Å². The first-order valence-electron chi connectivity index (χ1n) is 9.54. The molecule has 154 valence electrons. The van der Waals surface area contributed by atoms with Crippen molar-refractivity contribution in [1.29, 1.82) is 0 Å². The van der Waals surface area contributed by atoms with Gasteiger partial charge < -0.3 is 5.32 Å². The van der Waals surface area contributed by atoms with Crippen LogP contribution in [0.1, 0.15) is 11.1 Å². The predicted octanol–water partition coefficient (Wildman–Crippen LogP) is 3.97. The Labute approximate surface area is 168 Å². The van der Waals surface area contributed by atoms with Crippen LogP contribution in [-0.2, 0) is 11.0 Å². The highest BCUT2D eigenvalue weighted by Gasteiger charge is 2.33. The van der Waals surface area contributed by atoms with Gasteiger partial charge in [0.2, 0.25) is 5.91 Å². The fraction of sp³-hybridized carbons (Fsp3) is 0.318. The first-order valence-corrected chi connectivity index (χ1v) is 9.54. The highest BCUT2D eigenvalue weighted by atomic mass is 19.4. The van der Waals surface area contributed by atoms with E-state index < -0.39 is 17.6 Å². The number of hydrogen-bond acceptors (Lipinski definition) is 3. The Morgan fingerprint density at radius 2 is 1.55 bits per heavy atom. The number of piperazine rings is 1. The van der Waals surface area contributed by atoms with E-state index in [1.54, 1.807) is 0 Å². The molecule has 1 heterocycles. The number of halogens is 3. The molecule has 7 heteroatoms. The van der Waals surface area contributed by atoms with Gasteiger partial charge in [0.05, 0.1) is 17.8 Å². The summed E-state index contributed by atoms with van der Waals surface area (Å²) in [6, 6.07) is 15.1. The van der Waals surface area contributed by atoms with E-state index in [1.807, 2.05) is 35.2 Å². The third-order valence-corrected chi connectivity index (χ3v) is 4.81. The van der Waals surface area contributed by atoms with Crippen LogP contribution in [-0.4, -0.2) is 55.0 Å². The minimum atomic E-state index is -4.50. The lowest BCUT2D eigenvalue weighted by Crippen LogP contribution is -2.48. The van der Waals surface area contributed by atoms with Crippen molar-refractivity contribution in [3.63, 3.8) is 0 Å². The van der Waals surface area contributed by atoms with Gasteiger partial charge in [-0.3, -0.25) is 14.6 Å². The van der Waals surface area contributed by atoms with Crippen LogP contribution in [0, 0.1) is 0 Å². The number of rotatable bonds is 6. The summed E-state index contributed by atoms with van der Waals surface area (Å²) in [6.07, 6.45) is -0.299. The van der Waals surface area contributed by atoms with Crippen molar-refractivity contribution in [2.75, 3.05) is 44.6 Å². The van der Waals surface area contributed by atoms with Crippen molar-refractivity contribution < 1.29 is 18.0 Å². The zero-order valence-electron chi connectivity index (χ0n) is 16.0. The molecule has 3 rings (SSSR count). The largest absolute Gasteiger partial charge is 0.418 e. The van der Waals surface area contributed by atoms with Gasteiger partial charge in [-0.1, -0.05) is 54.6 Å².